The molecule has 0 saturated heterocycles. The molecule has 11 nitrogen and oxygen atoms in total. The molecule has 2 aromatic heterocycles. The van der Waals surface area contributed by atoms with E-state index < -0.39 is 47.9 Å². The third-order valence-corrected chi connectivity index (χ3v) is 7.17. The predicted molar refractivity (Wildman–Crippen MR) is 156 cm³/mol. The largest absolute Gasteiger partial charge is 0.480 e. The maximum absolute atomic E-state index is 13.3. The lowest BCUT2D eigenvalue weighted by molar-refractivity contribution is -0.143. The van der Waals surface area contributed by atoms with E-state index in [2.05, 4.69) is 25.9 Å². The number of nitrogens with one attached hydrogen (secondary N) is 5. The second kappa shape index (κ2) is 12.7. The van der Waals surface area contributed by atoms with E-state index in [0.717, 1.165) is 32.9 Å². The summed E-state index contributed by atoms with van der Waals surface area (Å²) in [5, 5.41) is 19.3. The smallest absolute Gasteiger partial charge is 0.326 e. The molecular weight excluding hydrogens is 524 g/mol. The summed E-state index contributed by atoms with van der Waals surface area (Å²) in [6.45, 7) is 4.87. The molecule has 2 heterocycles. The number of hydrogen-bond acceptors (Lipinski definition) is 5. The van der Waals surface area contributed by atoms with Gasteiger partial charge in [0.15, 0.2) is 0 Å². The summed E-state index contributed by atoms with van der Waals surface area (Å²) in [5.74, 6) is -3.30. The molecular formula is C30H36N6O5. The first kappa shape index (κ1) is 29.3. The highest BCUT2D eigenvalue weighted by Gasteiger charge is 2.31. The molecule has 11 heteroatoms. The average Bonchev–Trinajstić information content (AvgIpc) is 3.54. The Balaban J connectivity index is 1.45. The Kier molecular flexibility index (Phi) is 9.08. The van der Waals surface area contributed by atoms with Crippen molar-refractivity contribution in [1.82, 2.24) is 25.9 Å². The molecule has 2 aromatic carbocycles. The number of fused-ring (bicyclic) bond motifs is 2. The number of carboxylic acid groups (broad SMARTS) is 1. The Bertz CT molecular complexity index is 1560. The number of para-hydroxylation sites is 2. The number of amides is 3. The average molecular weight is 561 g/mol. The van der Waals surface area contributed by atoms with Crippen molar-refractivity contribution in [2.45, 2.75) is 57.8 Å². The Labute approximate surface area is 237 Å². The van der Waals surface area contributed by atoms with Gasteiger partial charge in [0, 0.05) is 40.6 Å². The molecule has 3 amide bonds. The second-order valence-electron chi connectivity index (χ2n) is 10.6. The summed E-state index contributed by atoms with van der Waals surface area (Å²) in [4.78, 5) is 57.3. The Morgan fingerprint density at radius 2 is 1.29 bits per heavy atom. The highest BCUT2D eigenvalue weighted by molar-refractivity contribution is 5.95. The number of nitrogens with two attached hydrogens (primary N) is 1. The van der Waals surface area contributed by atoms with Crippen molar-refractivity contribution in [3.05, 3.63) is 72.1 Å². The lowest BCUT2D eigenvalue weighted by Gasteiger charge is -2.25. The maximum atomic E-state index is 13.3. The summed E-state index contributed by atoms with van der Waals surface area (Å²) >= 11 is 0. The third kappa shape index (κ3) is 6.93. The van der Waals surface area contributed by atoms with Crippen molar-refractivity contribution in [1.29, 1.82) is 0 Å². The minimum absolute atomic E-state index is 0.104. The second-order valence-corrected chi connectivity index (χ2v) is 10.6. The van der Waals surface area contributed by atoms with E-state index in [-0.39, 0.29) is 18.8 Å². The molecule has 4 aromatic rings. The van der Waals surface area contributed by atoms with Crippen molar-refractivity contribution in [3.63, 3.8) is 0 Å². The summed E-state index contributed by atoms with van der Waals surface area (Å²) in [5.41, 5.74) is 9.63. The van der Waals surface area contributed by atoms with E-state index in [1.54, 1.807) is 20.0 Å². The SMILES string of the molecule is CC(NC(=O)C(N)Cc1c[nH]c2ccccc12)C(=O)NC(Cc1c[nH]c2ccccc12)C(=O)NC(C(=O)O)C(C)C. The quantitative estimate of drug-likeness (QED) is 0.139. The Hall–Kier alpha value is -4.64. The molecule has 8 N–H and O–H groups in total. The summed E-state index contributed by atoms with van der Waals surface area (Å²) < 4.78 is 0. The van der Waals surface area contributed by atoms with Crippen molar-refractivity contribution in [2.24, 2.45) is 11.7 Å². The van der Waals surface area contributed by atoms with Crippen LogP contribution in [0.5, 0.6) is 0 Å². The predicted octanol–water partition coefficient (Wildman–Crippen LogP) is 1.98. The van der Waals surface area contributed by atoms with Crippen LogP contribution >= 0.6 is 0 Å². The van der Waals surface area contributed by atoms with Crippen LogP contribution in [0.4, 0.5) is 0 Å². The normalized spacial score (nSPS) is 14.4. The standard InChI is InChI=1S/C30H36N6O5/c1-16(2)26(30(40)41)36-29(39)25(13-19-15-33-24-11-7-5-9-21(19)24)35-27(37)17(3)34-28(38)22(31)12-18-14-32-23-10-6-4-8-20(18)23/h4-11,14-17,22,25-26,32-33H,12-13,31H2,1-3H3,(H,34,38)(H,35,37)(H,36,39)(H,40,41). The van der Waals surface area contributed by atoms with E-state index in [1.165, 1.54) is 6.92 Å². The lowest BCUT2D eigenvalue weighted by Crippen LogP contribution is -2.57. The summed E-state index contributed by atoms with van der Waals surface area (Å²) in [6.07, 6.45) is 3.93. The third-order valence-electron chi connectivity index (χ3n) is 7.17. The molecule has 0 bridgehead atoms. The number of carboxylic acids is 1. The summed E-state index contributed by atoms with van der Waals surface area (Å²) in [7, 11) is 0. The molecule has 4 unspecified atom stereocenters. The molecule has 0 aliphatic heterocycles. The van der Waals surface area contributed by atoms with E-state index in [4.69, 9.17) is 5.73 Å². The zero-order valence-corrected chi connectivity index (χ0v) is 23.2. The minimum atomic E-state index is -1.17. The van der Waals surface area contributed by atoms with Gasteiger partial charge in [-0.05, 0) is 42.5 Å². The number of hydrogen-bond donors (Lipinski definition) is 7. The lowest BCUT2D eigenvalue weighted by atomic mass is 10.0. The number of carbonyl (C=O) groups is 4. The van der Waals surface area contributed by atoms with Gasteiger partial charge in [0.05, 0.1) is 6.04 Å². The fourth-order valence-corrected chi connectivity index (χ4v) is 4.81. The van der Waals surface area contributed by atoms with Gasteiger partial charge in [-0.2, -0.15) is 0 Å². The van der Waals surface area contributed by atoms with Crippen LogP contribution in [0.1, 0.15) is 31.9 Å². The zero-order valence-electron chi connectivity index (χ0n) is 23.2. The van der Waals surface area contributed by atoms with Crippen LogP contribution in [0.15, 0.2) is 60.9 Å². The van der Waals surface area contributed by atoms with Crippen molar-refractivity contribution in [3.8, 4) is 0 Å². The van der Waals surface area contributed by atoms with Crippen LogP contribution in [-0.2, 0) is 32.0 Å². The van der Waals surface area contributed by atoms with Crippen molar-refractivity contribution >= 4 is 45.5 Å². The molecule has 0 aliphatic rings. The maximum Gasteiger partial charge on any atom is 0.326 e. The molecule has 4 rings (SSSR count). The van der Waals surface area contributed by atoms with Gasteiger partial charge in [0.1, 0.15) is 18.1 Å². The number of aromatic amines is 2. The highest BCUT2D eigenvalue weighted by Crippen LogP contribution is 2.20. The first-order valence-corrected chi connectivity index (χ1v) is 13.5. The molecule has 0 fully saturated rings. The van der Waals surface area contributed by atoms with E-state index in [1.807, 2.05) is 54.7 Å². The van der Waals surface area contributed by atoms with Crippen LogP contribution in [-0.4, -0.2) is 62.9 Å². The molecule has 0 radical (unpaired) electrons. The Morgan fingerprint density at radius 1 is 0.756 bits per heavy atom. The summed E-state index contributed by atoms with van der Waals surface area (Å²) in [6, 6.07) is 11.1. The molecule has 0 saturated carbocycles. The van der Waals surface area contributed by atoms with Crippen LogP contribution in [0, 0.1) is 5.92 Å². The number of rotatable bonds is 12. The molecule has 4 atom stereocenters. The van der Waals surface area contributed by atoms with Gasteiger partial charge < -0.3 is 36.8 Å². The van der Waals surface area contributed by atoms with Crippen molar-refractivity contribution < 1.29 is 24.3 Å². The number of benzene rings is 2. The van der Waals surface area contributed by atoms with Gasteiger partial charge in [-0.1, -0.05) is 50.2 Å². The van der Waals surface area contributed by atoms with Crippen molar-refractivity contribution in [2.75, 3.05) is 0 Å². The molecule has 41 heavy (non-hydrogen) atoms. The van der Waals surface area contributed by atoms with Gasteiger partial charge >= 0.3 is 5.97 Å². The molecule has 0 spiro atoms. The van der Waals surface area contributed by atoms with Gasteiger partial charge in [-0.3, -0.25) is 14.4 Å². The van der Waals surface area contributed by atoms with Gasteiger partial charge in [-0.25, -0.2) is 4.79 Å². The zero-order chi connectivity index (χ0) is 29.7. The van der Waals surface area contributed by atoms with Gasteiger partial charge in [-0.15, -0.1) is 0 Å². The fraction of sp³-hybridized carbons (Fsp3) is 0.333. The van der Waals surface area contributed by atoms with E-state index in [9.17, 15) is 24.3 Å². The molecule has 216 valence electrons. The van der Waals surface area contributed by atoms with Crippen LogP contribution < -0.4 is 21.7 Å². The number of aromatic nitrogens is 2. The minimum Gasteiger partial charge on any atom is -0.480 e. The first-order valence-electron chi connectivity index (χ1n) is 13.5. The van der Waals surface area contributed by atoms with E-state index in [0.29, 0.717) is 0 Å². The highest BCUT2D eigenvalue weighted by atomic mass is 16.4. The fourth-order valence-electron chi connectivity index (χ4n) is 4.81. The van der Waals surface area contributed by atoms with Crippen LogP contribution in [0.2, 0.25) is 0 Å². The number of carbonyl (C=O) groups excluding carboxylic acids is 3. The Morgan fingerprint density at radius 3 is 1.83 bits per heavy atom. The van der Waals surface area contributed by atoms with Crippen LogP contribution in [0.25, 0.3) is 21.8 Å². The number of H-pyrrole nitrogens is 2. The monoisotopic (exact) mass is 560 g/mol. The first-order chi connectivity index (χ1) is 19.5. The number of aliphatic carboxylic acids is 1. The van der Waals surface area contributed by atoms with E-state index >= 15 is 0 Å². The molecule has 0 aliphatic carbocycles. The van der Waals surface area contributed by atoms with Crippen LogP contribution in [0.3, 0.4) is 0 Å². The topological polar surface area (TPSA) is 182 Å². The van der Waals surface area contributed by atoms with Gasteiger partial charge in [0.25, 0.3) is 0 Å². The van der Waals surface area contributed by atoms with Gasteiger partial charge in [0.2, 0.25) is 17.7 Å².